The quantitative estimate of drug-likeness (QED) is 0.671. The van der Waals surface area contributed by atoms with E-state index in [0.717, 1.165) is 12.0 Å². The average Bonchev–Trinajstić information content (AvgIpc) is 2.60. The van der Waals surface area contributed by atoms with E-state index in [0.29, 0.717) is 28.1 Å². The van der Waals surface area contributed by atoms with Crippen LogP contribution in [0.2, 0.25) is 5.02 Å². The van der Waals surface area contributed by atoms with Gasteiger partial charge in [-0.1, -0.05) is 11.6 Å². The first-order valence-electron chi connectivity index (χ1n) is 7.53. The van der Waals surface area contributed by atoms with Crippen LogP contribution in [0.4, 0.5) is 5.69 Å². The third kappa shape index (κ3) is 3.41. The lowest BCUT2D eigenvalue weighted by atomic mass is 10.0. The molecule has 0 N–H and O–H groups in total. The fourth-order valence-electron chi connectivity index (χ4n) is 2.84. The summed E-state index contributed by atoms with van der Waals surface area (Å²) in [6.45, 7) is 0.376. The van der Waals surface area contributed by atoms with E-state index in [1.807, 2.05) is 0 Å². The molecule has 0 aromatic heterocycles. The van der Waals surface area contributed by atoms with Crippen LogP contribution in [0.3, 0.4) is 0 Å². The van der Waals surface area contributed by atoms with E-state index >= 15 is 0 Å². The first-order valence-corrected chi connectivity index (χ1v) is 10.1. The molecule has 1 aliphatic rings. The number of methoxy groups -OCH3 is 1. The first-order chi connectivity index (χ1) is 11.8. The van der Waals surface area contributed by atoms with Crippen LogP contribution in [0.25, 0.3) is 0 Å². The molecule has 0 bridgehead atoms. The molecule has 3 rings (SSSR count). The van der Waals surface area contributed by atoms with E-state index in [4.69, 9.17) is 16.3 Å². The molecule has 0 unspecified atom stereocenters. The van der Waals surface area contributed by atoms with Crippen LogP contribution >= 0.6 is 27.5 Å². The number of anilines is 1. The van der Waals surface area contributed by atoms with Crippen molar-refractivity contribution >= 4 is 49.2 Å². The Kier molecular flexibility index (Phi) is 5.09. The van der Waals surface area contributed by atoms with Crippen LogP contribution < -0.4 is 4.31 Å². The second kappa shape index (κ2) is 6.97. The van der Waals surface area contributed by atoms with Crippen LogP contribution in [0.5, 0.6) is 0 Å². The number of nitrogens with zero attached hydrogens (tertiary/aromatic N) is 1. The molecule has 1 aliphatic heterocycles. The van der Waals surface area contributed by atoms with E-state index in [2.05, 4.69) is 15.9 Å². The molecular formula is C17H15BrClNO4S. The Morgan fingerprint density at radius 1 is 1.24 bits per heavy atom. The summed E-state index contributed by atoms with van der Waals surface area (Å²) in [6, 6.07) is 9.52. The lowest BCUT2D eigenvalue weighted by Gasteiger charge is -2.30. The van der Waals surface area contributed by atoms with Crippen molar-refractivity contribution in [2.75, 3.05) is 18.0 Å². The predicted octanol–water partition coefficient (Wildman–Crippen LogP) is 4.03. The van der Waals surface area contributed by atoms with Crippen molar-refractivity contribution in [3.63, 3.8) is 0 Å². The zero-order chi connectivity index (χ0) is 18.2. The van der Waals surface area contributed by atoms with Gasteiger partial charge >= 0.3 is 5.97 Å². The summed E-state index contributed by atoms with van der Waals surface area (Å²) in [5.41, 5.74) is 1.68. The summed E-state index contributed by atoms with van der Waals surface area (Å²) in [6.07, 6.45) is 1.47. The van der Waals surface area contributed by atoms with E-state index in [9.17, 15) is 13.2 Å². The molecule has 5 nitrogen and oxygen atoms in total. The molecule has 0 saturated heterocycles. The van der Waals surface area contributed by atoms with Gasteiger partial charge in [-0.15, -0.1) is 0 Å². The summed E-state index contributed by atoms with van der Waals surface area (Å²) in [4.78, 5) is 11.9. The third-order valence-electron chi connectivity index (χ3n) is 4.05. The van der Waals surface area contributed by atoms with Gasteiger partial charge in [0.2, 0.25) is 0 Å². The molecule has 8 heteroatoms. The number of rotatable bonds is 3. The summed E-state index contributed by atoms with van der Waals surface area (Å²) in [7, 11) is -2.56. The van der Waals surface area contributed by atoms with Crippen molar-refractivity contribution in [2.24, 2.45) is 0 Å². The van der Waals surface area contributed by atoms with Gasteiger partial charge in [0.25, 0.3) is 10.0 Å². The van der Waals surface area contributed by atoms with Gasteiger partial charge in [-0.2, -0.15) is 0 Å². The van der Waals surface area contributed by atoms with Gasteiger partial charge in [-0.05, 0) is 70.7 Å². The Hall–Kier alpha value is -1.57. The second-order valence-electron chi connectivity index (χ2n) is 5.59. The molecular weight excluding hydrogens is 430 g/mol. The molecule has 2 aromatic rings. The van der Waals surface area contributed by atoms with Gasteiger partial charge < -0.3 is 4.74 Å². The van der Waals surface area contributed by atoms with Crippen LogP contribution in [0.1, 0.15) is 22.3 Å². The SMILES string of the molecule is COC(=O)c1cc(S(=O)(=O)N2CCCc3cc(Cl)ccc32)ccc1Br. The first kappa shape index (κ1) is 18.2. The molecule has 0 saturated carbocycles. The van der Waals surface area contributed by atoms with Gasteiger partial charge in [0.1, 0.15) is 0 Å². The topological polar surface area (TPSA) is 63.7 Å². The molecule has 25 heavy (non-hydrogen) atoms. The van der Waals surface area contributed by atoms with Gasteiger partial charge in [0, 0.05) is 16.0 Å². The monoisotopic (exact) mass is 443 g/mol. The van der Waals surface area contributed by atoms with E-state index < -0.39 is 16.0 Å². The van der Waals surface area contributed by atoms with Crippen molar-refractivity contribution in [3.05, 3.63) is 57.0 Å². The molecule has 0 amide bonds. The normalized spacial score (nSPS) is 14.1. The number of fused-ring (bicyclic) bond motifs is 1. The lowest BCUT2D eigenvalue weighted by molar-refractivity contribution is 0.0599. The van der Waals surface area contributed by atoms with Crippen LogP contribution in [0.15, 0.2) is 45.8 Å². The van der Waals surface area contributed by atoms with Gasteiger partial charge in [-0.25, -0.2) is 13.2 Å². The van der Waals surface area contributed by atoms with Gasteiger partial charge in [0.15, 0.2) is 0 Å². The van der Waals surface area contributed by atoms with E-state index in [1.54, 1.807) is 18.2 Å². The molecule has 0 radical (unpaired) electrons. The highest BCUT2D eigenvalue weighted by Crippen LogP contribution is 2.34. The molecule has 1 heterocycles. The summed E-state index contributed by atoms with van der Waals surface area (Å²) < 4.78 is 32.8. The number of halogens is 2. The zero-order valence-corrected chi connectivity index (χ0v) is 16.5. The van der Waals surface area contributed by atoms with Crippen molar-refractivity contribution in [3.8, 4) is 0 Å². The molecule has 132 valence electrons. The van der Waals surface area contributed by atoms with E-state index in [-0.39, 0.29) is 10.5 Å². The van der Waals surface area contributed by atoms with Crippen molar-refractivity contribution in [2.45, 2.75) is 17.7 Å². The van der Waals surface area contributed by atoms with Gasteiger partial charge in [-0.3, -0.25) is 4.31 Å². The van der Waals surface area contributed by atoms with Gasteiger partial charge in [0.05, 0.1) is 23.3 Å². The fraction of sp³-hybridized carbons (Fsp3) is 0.235. The Labute approximate surface area is 159 Å². The molecule has 2 aromatic carbocycles. The maximum atomic E-state index is 13.1. The Bertz CT molecular complexity index is 946. The maximum absolute atomic E-state index is 13.1. The highest BCUT2D eigenvalue weighted by Gasteiger charge is 2.30. The molecule has 0 spiro atoms. The molecule has 0 atom stereocenters. The summed E-state index contributed by atoms with van der Waals surface area (Å²) >= 11 is 9.26. The Morgan fingerprint density at radius 3 is 2.72 bits per heavy atom. The smallest absolute Gasteiger partial charge is 0.339 e. The Balaban J connectivity index is 2.08. The summed E-state index contributed by atoms with van der Waals surface area (Å²) in [5.74, 6) is -0.602. The zero-order valence-electron chi connectivity index (χ0n) is 13.3. The number of carbonyl (C=O) groups excluding carboxylic acids is 1. The van der Waals surface area contributed by atoms with Crippen LogP contribution in [0, 0.1) is 0 Å². The number of carbonyl (C=O) groups is 1. The lowest BCUT2D eigenvalue weighted by Crippen LogP contribution is -2.35. The highest BCUT2D eigenvalue weighted by molar-refractivity contribution is 9.10. The number of hydrogen-bond donors (Lipinski definition) is 0. The van der Waals surface area contributed by atoms with Crippen molar-refractivity contribution in [1.29, 1.82) is 0 Å². The molecule has 0 aliphatic carbocycles. The number of aryl methyl sites for hydroxylation is 1. The minimum absolute atomic E-state index is 0.0406. The largest absolute Gasteiger partial charge is 0.465 e. The standard InChI is InChI=1S/C17H15BrClNO4S/c1-24-17(21)14-10-13(5-6-15(14)18)25(22,23)20-8-2-3-11-9-12(19)4-7-16(11)20/h4-7,9-10H,2-3,8H2,1H3. The highest BCUT2D eigenvalue weighted by atomic mass is 79.9. The Morgan fingerprint density at radius 2 is 2.00 bits per heavy atom. The van der Waals surface area contributed by atoms with Crippen molar-refractivity contribution in [1.82, 2.24) is 0 Å². The average molecular weight is 445 g/mol. The second-order valence-corrected chi connectivity index (χ2v) is 8.74. The minimum atomic E-state index is -3.81. The van der Waals surface area contributed by atoms with Crippen LogP contribution in [-0.4, -0.2) is 28.0 Å². The number of hydrogen-bond acceptors (Lipinski definition) is 4. The summed E-state index contributed by atoms with van der Waals surface area (Å²) in [5, 5.41) is 0.578. The minimum Gasteiger partial charge on any atom is -0.465 e. The molecule has 0 fully saturated rings. The van der Waals surface area contributed by atoms with Crippen LogP contribution in [-0.2, 0) is 21.2 Å². The maximum Gasteiger partial charge on any atom is 0.339 e. The predicted molar refractivity (Wildman–Crippen MR) is 99.8 cm³/mol. The number of benzene rings is 2. The number of sulfonamides is 1. The fourth-order valence-corrected chi connectivity index (χ4v) is 5.01. The third-order valence-corrected chi connectivity index (χ3v) is 6.78. The number of esters is 1. The van der Waals surface area contributed by atoms with E-state index in [1.165, 1.54) is 29.6 Å². The number of ether oxygens (including phenoxy) is 1. The van der Waals surface area contributed by atoms with Crippen molar-refractivity contribution < 1.29 is 17.9 Å².